The molecule has 0 saturated carbocycles. The summed E-state index contributed by atoms with van der Waals surface area (Å²) in [6, 6.07) is 18.1. The topological polar surface area (TPSA) is 48.7 Å². The number of halogens is 1. The number of para-hydroxylation sites is 1. The monoisotopic (exact) mass is 337 g/mol. The van der Waals surface area contributed by atoms with Crippen LogP contribution in [0.5, 0.6) is 0 Å². The van der Waals surface area contributed by atoms with Crippen LogP contribution in [0.4, 0.5) is 5.69 Å². The van der Waals surface area contributed by atoms with Crippen molar-refractivity contribution in [2.24, 2.45) is 0 Å². The van der Waals surface area contributed by atoms with E-state index in [1.807, 2.05) is 42.5 Å². The summed E-state index contributed by atoms with van der Waals surface area (Å²) in [4.78, 5) is 4.31. The standard InChI is InChI=1S/C17H12BrN3/c18-14-5-3-4-12(8-14)10-21-17-13(9-19)11-20-16-7-2-1-6-15(16)17/h1-8,11H,10H2,(H,20,21). The Bertz CT molecular complexity index is 837. The van der Waals surface area contributed by atoms with Crippen LogP contribution >= 0.6 is 15.9 Å². The van der Waals surface area contributed by atoms with Crippen molar-refractivity contribution in [3.63, 3.8) is 0 Å². The van der Waals surface area contributed by atoms with Gasteiger partial charge in [0.15, 0.2) is 0 Å². The number of rotatable bonds is 3. The van der Waals surface area contributed by atoms with Crippen LogP contribution < -0.4 is 5.32 Å². The Balaban J connectivity index is 1.98. The predicted molar refractivity (Wildman–Crippen MR) is 87.9 cm³/mol. The SMILES string of the molecule is N#Cc1cnc2ccccc2c1NCc1cccc(Br)c1. The summed E-state index contributed by atoms with van der Waals surface area (Å²) >= 11 is 3.47. The Hall–Kier alpha value is -2.38. The van der Waals surface area contributed by atoms with Crippen molar-refractivity contribution in [2.45, 2.75) is 6.54 Å². The highest BCUT2D eigenvalue weighted by Gasteiger charge is 2.08. The van der Waals surface area contributed by atoms with E-state index in [4.69, 9.17) is 0 Å². The molecule has 1 aromatic heterocycles. The van der Waals surface area contributed by atoms with Gasteiger partial charge in [-0.05, 0) is 23.8 Å². The van der Waals surface area contributed by atoms with E-state index in [2.05, 4.69) is 38.4 Å². The van der Waals surface area contributed by atoms with Crippen LogP contribution in [0.1, 0.15) is 11.1 Å². The lowest BCUT2D eigenvalue weighted by Crippen LogP contribution is -2.02. The van der Waals surface area contributed by atoms with E-state index in [1.54, 1.807) is 6.20 Å². The number of pyridine rings is 1. The first-order valence-corrected chi connectivity index (χ1v) is 7.33. The smallest absolute Gasteiger partial charge is 0.103 e. The summed E-state index contributed by atoms with van der Waals surface area (Å²) in [6.45, 7) is 0.655. The van der Waals surface area contributed by atoms with Gasteiger partial charge in [-0.1, -0.05) is 46.3 Å². The fourth-order valence-corrected chi connectivity index (χ4v) is 2.70. The highest BCUT2D eigenvalue weighted by atomic mass is 79.9. The van der Waals surface area contributed by atoms with Crippen molar-refractivity contribution in [3.8, 4) is 6.07 Å². The van der Waals surface area contributed by atoms with Crippen molar-refractivity contribution in [2.75, 3.05) is 5.32 Å². The third kappa shape index (κ3) is 2.88. The fourth-order valence-electron chi connectivity index (χ4n) is 2.25. The minimum atomic E-state index is 0.559. The fraction of sp³-hybridized carbons (Fsp3) is 0.0588. The largest absolute Gasteiger partial charge is 0.379 e. The molecule has 0 aliphatic rings. The number of nitrogens with zero attached hydrogens (tertiary/aromatic N) is 2. The van der Waals surface area contributed by atoms with E-state index in [0.717, 1.165) is 26.6 Å². The molecule has 0 radical (unpaired) electrons. The van der Waals surface area contributed by atoms with E-state index in [0.29, 0.717) is 12.1 Å². The van der Waals surface area contributed by atoms with E-state index in [9.17, 15) is 5.26 Å². The number of anilines is 1. The second-order valence-electron chi connectivity index (χ2n) is 4.66. The molecule has 0 saturated heterocycles. The van der Waals surface area contributed by atoms with Gasteiger partial charge in [0.2, 0.25) is 0 Å². The van der Waals surface area contributed by atoms with Gasteiger partial charge in [-0.3, -0.25) is 4.98 Å². The van der Waals surface area contributed by atoms with E-state index >= 15 is 0 Å². The molecule has 102 valence electrons. The van der Waals surface area contributed by atoms with Gasteiger partial charge in [0, 0.05) is 22.6 Å². The average Bonchev–Trinajstić information content (AvgIpc) is 2.52. The Morgan fingerprint density at radius 1 is 1.14 bits per heavy atom. The lowest BCUT2D eigenvalue weighted by atomic mass is 10.1. The van der Waals surface area contributed by atoms with Crippen molar-refractivity contribution in [3.05, 3.63) is 70.3 Å². The van der Waals surface area contributed by atoms with Crippen LogP contribution in [0.3, 0.4) is 0 Å². The molecule has 1 N–H and O–H groups in total. The van der Waals surface area contributed by atoms with E-state index < -0.39 is 0 Å². The minimum Gasteiger partial charge on any atom is -0.379 e. The molecule has 1 heterocycles. The third-order valence-electron chi connectivity index (χ3n) is 3.25. The van der Waals surface area contributed by atoms with Crippen LogP contribution in [0.25, 0.3) is 10.9 Å². The molecule has 3 rings (SSSR count). The van der Waals surface area contributed by atoms with Gasteiger partial charge in [0.05, 0.1) is 16.8 Å². The molecule has 21 heavy (non-hydrogen) atoms. The van der Waals surface area contributed by atoms with Crippen molar-refractivity contribution < 1.29 is 0 Å². The molecule has 0 fully saturated rings. The third-order valence-corrected chi connectivity index (χ3v) is 3.75. The van der Waals surface area contributed by atoms with Gasteiger partial charge in [0.25, 0.3) is 0 Å². The lowest BCUT2D eigenvalue weighted by Gasteiger charge is -2.11. The summed E-state index contributed by atoms with van der Waals surface area (Å²) in [5.41, 5.74) is 3.43. The first-order valence-electron chi connectivity index (χ1n) is 6.54. The quantitative estimate of drug-likeness (QED) is 0.766. The summed E-state index contributed by atoms with van der Waals surface area (Å²) in [5, 5.41) is 13.6. The number of hydrogen-bond donors (Lipinski definition) is 1. The maximum atomic E-state index is 9.28. The van der Waals surface area contributed by atoms with Gasteiger partial charge in [-0.25, -0.2) is 0 Å². The van der Waals surface area contributed by atoms with Gasteiger partial charge in [0.1, 0.15) is 6.07 Å². The first kappa shape index (κ1) is 13.6. The number of nitrogens with one attached hydrogen (secondary N) is 1. The molecular weight excluding hydrogens is 326 g/mol. The molecular formula is C17H12BrN3. The van der Waals surface area contributed by atoms with E-state index in [1.165, 1.54) is 0 Å². The summed E-state index contributed by atoms with van der Waals surface area (Å²) in [5.74, 6) is 0. The molecule has 0 aliphatic carbocycles. The summed E-state index contributed by atoms with van der Waals surface area (Å²) in [7, 11) is 0. The van der Waals surface area contributed by atoms with Gasteiger partial charge in [-0.2, -0.15) is 5.26 Å². The Morgan fingerprint density at radius 3 is 2.81 bits per heavy atom. The summed E-state index contributed by atoms with van der Waals surface area (Å²) in [6.07, 6.45) is 1.62. The highest BCUT2D eigenvalue weighted by Crippen LogP contribution is 2.26. The van der Waals surface area contributed by atoms with Crippen LogP contribution in [0.2, 0.25) is 0 Å². The van der Waals surface area contributed by atoms with Gasteiger partial charge >= 0.3 is 0 Å². The maximum Gasteiger partial charge on any atom is 0.103 e. The zero-order valence-corrected chi connectivity index (χ0v) is 12.8. The zero-order chi connectivity index (χ0) is 14.7. The molecule has 0 bridgehead atoms. The van der Waals surface area contributed by atoms with Crippen LogP contribution in [-0.2, 0) is 6.54 Å². The maximum absolute atomic E-state index is 9.28. The van der Waals surface area contributed by atoms with Gasteiger partial charge in [-0.15, -0.1) is 0 Å². The number of nitriles is 1. The Labute approximate surface area is 131 Å². The molecule has 0 unspecified atom stereocenters. The van der Waals surface area contributed by atoms with Crippen LogP contribution in [0, 0.1) is 11.3 Å². The first-order chi connectivity index (χ1) is 10.3. The second-order valence-corrected chi connectivity index (χ2v) is 5.57. The molecule has 0 atom stereocenters. The highest BCUT2D eigenvalue weighted by molar-refractivity contribution is 9.10. The number of fused-ring (bicyclic) bond motifs is 1. The Kier molecular flexibility index (Phi) is 3.85. The minimum absolute atomic E-state index is 0.559. The second kappa shape index (κ2) is 5.94. The molecule has 3 nitrogen and oxygen atoms in total. The Morgan fingerprint density at radius 2 is 2.00 bits per heavy atom. The molecule has 4 heteroatoms. The molecule has 0 amide bonds. The number of benzene rings is 2. The molecule has 0 aliphatic heterocycles. The molecule has 2 aromatic carbocycles. The summed E-state index contributed by atoms with van der Waals surface area (Å²) < 4.78 is 1.04. The average molecular weight is 338 g/mol. The lowest BCUT2D eigenvalue weighted by molar-refractivity contribution is 1.14. The van der Waals surface area contributed by atoms with Crippen molar-refractivity contribution in [1.82, 2.24) is 4.98 Å². The normalized spacial score (nSPS) is 10.3. The molecule has 3 aromatic rings. The number of hydrogen-bond acceptors (Lipinski definition) is 3. The van der Waals surface area contributed by atoms with Crippen molar-refractivity contribution >= 4 is 32.5 Å². The van der Waals surface area contributed by atoms with Gasteiger partial charge < -0.3 is 5.32 Å². The molecule has 0 spiro atoms. The van der Waals surface area contributed by atoms with E-state index in [-0.39, 0.29) is 0 Å². The van der Waals surface area contributed by atoms with Crippen LogP contribution in [0.15, 0.2) is 59.2 Å². The van der Waals surface area contributed by atoms with Crippen molar-refractivity contribution in [1.29, 1.82) is 5.26 Å². The zero-order valence-electron chi connectivity index (χ0n) is 11.2. The van der Waals surface area contributed by atoms with Crippen LogP contribution in [-0.4, -0.2) is 4.98 Å². The predicted octanol–water partition coefficient (Wildman–Crippen LogP) is 4.48. The number of aromatic nitrogens is 1.